The lowest BCUT2D eigenvalue weighted by Crippen LogP contribution is -2.06. The highest BCUT2D eigenvalue weighted by atomic mass is 35.5. The summed E-state index contributed by atoms with van der Waals surface area (Å²) in [6.45, 7) is 2.86. The van der Waals surface area contributed by atoms with Gasteiger partial charge in [-0.15, -0.1) is 0 Å². The van der Waals surface area contributed by atoms with Crippen LogP contribution in [-0.2, 0) is 6.54 Å². The van der Waals surface area contributed by atoms with Crippen molar-refractivity contribution in [3.8, 4) is 0 Å². The van der Waals surface area contributed by atoms with Crippen molar-refractivity contribution in [3.05, 3.63) is 45.7 Å². The minimum Gasteiger partial charge on any atom is -0.347 e. The van der Waals surface area contributed by atoms with Crippen LogP contribution in [0.3, 0.4) is 0 Å². The molecule has 14 heavy (non-hydrogen) atoms. The van der Waals surface area contributed by atoms with E-state index in [0.717, 1.165) is 17.4 Å². The molecule has 0 aliphatic rings. The topological polar surface area (TPSA) is 22.0 Å². The molecule has 1 heterocycles. The van der Waals surface area contributed by atoms with Crippen molar-refractivity contribution in [3.63, 3.8) is 0 Å². The molecule has 0 aliphatic carbocycles. The first-order valence-electron chi connectivity index (χ1n) is 4.51. The predicted molar refractivity (Wildman–Crippen MR) is 58.9 cm³/mol. The minimum atomic E-state index is 0.0429. The van der Waals surface area contributed by atoms with Gasteiger partial charge in [-0.2, -0.15) is 0 Å². The molecular formula is C11H10ClNO. The van der Waals surface area contributed by atoms with Crippen LogP contribution in [0.25, 0.3) is 10.9 Å². The SMILES string of the molecule is CCn1ccc(=O)c2ccc(Cl)cc21. The number of aromatic nitrogens is 1. The molecule has 0 bridgehead atoms. The molecule has 2 aromatic rings. The molecule has 2 rings (SSSR count). The van der Waals surface area contributed by atoms with Gasteiger partial charge >= 0.3 is 0 Å². The van der Waals surface area contributed by atoms with Crippen molar-refractivity contribution in [2.75, 3.05) is 0 Å². The summed E-state index contributed by atoms with van der Waals surface area (Å²) in [5, 5.41) is 1.38. The number of aryl methyl sites for hydroxylation is 1. The molecule has 3 heteroatoms. The third-order valence-electron chi connectivity index (χ3n) is 2.28. The van der Waals surface area contributed by atoms with Crippen LogP contribution in [-0.4, -0.2) is 4.57 Å². The first-order valence-corrected chi connectivity index (χ1v) is 4.89. The number of nitrogens with zero attached hydrogens (tertiary/aromatic N) is 1. The third kappa shape index (κ3) is 1.42. The van der Waals surface area contributed by atoms with Gasteiger partial charge < -0.3 is 4.57 Å². The highest BCUT2D eigenvalue weighted by Gasteiger charge is 2.01. The van der Waals surface area contributed by atoms with Crippen molar-refractivity contribution in [2.24, 2.45) is 0 Å². The molecule has 1 aromatic carbocycles. The van der Waals surface area contributed by atoms with Crippen LogP contribution >= 0.6 is 11.6 Å². The Labute approximate surface area is 86.7 Å². The van der Waals surface area contributed by atoms with E-state index in [1.165, 1.54) is 0 Å². The lowest BCUT2D eigenvalue weighted by atomic mass is 10.2. The lowest BCUT2D eigenvalue weighted by molar-refractivity contribution is 0.788. The Morgan fingerprint density at radius 1 is 1.36 bits per heavy atom. The number of halogens is 1. The Morgan fingerprint density at radius 3 is 2.86 bits per heavy atom. The van der Waals surface area contributed by atoms with E-state index in [1.807, 2.05) is 17.6 Å². The molecule has 0 amide bonds. The summed E-state index contributed by atoms with van der Waals surface area (Å²) in [7, 11) is 0. The van der Waals surface area contributed by atoms with E-state index in [4.69, 9.17) is 11.6 Å². The van der Waals surface area contributed by atoms with Crippen molar-refractivity contribution in [2.45, 2.75) is 13.5 Å². The second-order valence-electron chi connectivity index (χ2n) is 3.13. The van der Waals surface area contributed by atoms with Crippen molar-refractivity contribution >= 4 is 22.5 Å². The Morgan fingerprint density at radius 2 is 2.14 bits per heavy atom. The largest absolute Gasteiger partial charge is 0.347 e. The van der Waals surface area contributed by atoms with E-state index >= 15 is 0 Å². The first-order chi connectivity index (χ1) is 6.72. The Kier molecular flexibility index (Phi) is 2.30. The average Bonchev–Trinajstić information content (AvgIpc) is 2.18. The van der Waals surface area contributed by atoms with Gasteiger partial charge in [0.25, 0.3) is 0 Å². The molecule has 0 spiro atoms. The maximum atomic E-state index is 11.5. The summed E-state index contributed by atoms with van der Waals surface area (Å²) < 4.78 is 2.00. The van der Waals surface area contributed by atoms with Crippen molar-refractivity contribution in [1.29, 1.82) is 0 Å². The van der Waals surface area contributed by atoms with E-state index in [2.05, 4.69) is 0 Å². The molecule has 72 valence electrons. The Hall–Kier alpha value is -1.28. The first kappa shape index (κ1) is 9.28. The van der Waals surface area contributed by atoms with Crippen molar-refractivity contribution in [1.82, 2.24) is 4.57 Å². The molecule has 2 nitrogen and oxygen atoms in total. The van der Waals surface area contributed by atoms with Crippen LogP contribution in [0.4, 0.5) is 0 Å². The van der Waals surface area contributed by atoms with Gasteiger partial charge in [-0.1, -0.05) is 11.6 Å². The van der Waals surface area contributed by atoms with Crippen LogP contribution in [0, 0.1) is 0 Å². The van der Waals surface area contributed by atoms with Gasteiger partial charge in [-0.05, 0) is 25.1 Å². The monoisotopic (exact) mass is 207 g/mol. The number of pyridine rings is 1. The molecular weight excluding hydrogens is 198 g/mol. The molecule has 0 fully saturated rings. The zero-order valence-corrected chi connectivity index (χ0v) is 8.58. The van der Waals surface area contributed by atoms with E-state index < -0.39 is 0 Å². The van der Waals surface area contributed by atoms with Crippen LogP contribution in [0.5, 0.6) is 0 Å². The van der Waals surface area contributed by atoms with Gasteiger partial charge in [0.2, 0.25) is 0 Å². The zero-order chi connectivity index (χ0) is 10.1. The highest BCUT2D eigenvalue weighted by molar-refractivity contribution is 6.31. The fourth-order valence-corrected chi connectivity index (χ4v) is 1.72. The fraction of sp³-hybridized carbons (Fsp3) is 0.182. The van der Waals surface area contributed by atoms with Crippen LogP contribution < -0.4 is 5.43 Å². The van der Waals surface area contributed by atoms with Crippen LogP contribution in [0.2, 0.25) is 5.02 Å². The van der Waals surface area contributed by atoms with Gasteiger partial charge in [0.05, 0.1) is 5.52 Å². The van der Waals surface area contributed by atoms with E-state index in [1.54, 1.807) is 24.4 Å². The van der Waals surface area contributed by atoms with Gasteiger partial charge in [0.15, 0.2) is 5.43 Å². The lowest BCUT2D eigenvalue weighted by Gasteiger charge is -2.07. The third-order valence-corrected chi connectivity index (χ3v) is 2.52. The van der Waals surface area contributed by atoms with Crippen molar-refractivity contribution < 1.29 is 0 Å². The van der Waals surface area contributed by atoms with Gasteiger partial charge in [-0.3, -0.25) is 4.79 Å². The zero-order valence-electron chi connectivity index (χ0n) is 7.83. The van der Waals surface area contributed by atoms with E-state index in [-0.39, 0.29) is 5.43 Å². The van der Waals surface area contributed by atoms with Gasteiger partial charge in [-0.25, -0.2) is 0 Å². The summed E-state index contributed by atoms with van der Waals surface area (Å²) in [5.74, 6) is 0. The smallest absolute Gasteiger partial charge is 0.189 e. The Bertz CT molecular complexity index is 530. The molecule has 0 radical (unpaired) electrons. The number of fused-ring (bicyclic) bond motifs is 1. The maximum Gasteiger partial charge on any atom is 0.189 e. The molecule has 0 saturated carbocycles. The molecule has 0 N–H and O–H groups in total. The molecule has 1 aromatic heterocycles. The second-order valence-corrected chi connectivity index (χ2v) is 3.56. The summed E-state index contributed by atoms with van der Waals surface area (Å²) in [4.78, 5) is 11.5. The van der Waals surface area contributed by atoms with E-state index in [0.29, 0.717) is 5.02 Å². The summed E-state index contributed by atoms with van der Waals surface area (Å²) in [5.41, 5.74) is 0.939. The maximum absolute atomic E-state index is 11.5. The average molecular weight is 208 g/mol. The minimum absolute atomic E-state index is 0.0429. The standard InChI is InChI=1S/C11H10ClNO/c1-2-13-6-5-11(14)9-4-3-8(12)7-10(9)13/h3-7H,2H2,1H3. The molecule has 0 atom stereocenters. The quantitative estimate of drug-likeness (QED) is 0.705. The number of hydrogen-bond donors (Lipinski definition) is 0. The van der Waals surface area contributed by atoms with E-state index in [9.17, 15) is 4.79 Å². The Balaban J connectivity index is 2.92. The summed E-state index contributed by atoms with van der Waals surface area (Å²) >= 11 is 5.88. The second kappa shape index (κ2) is 3.46. The number of hydrogen-bond acceptors (Lipinski definition) is 1. The number of rotatable bonds is 1. The molecule has 0 aliphatic heterocycles. The normalized spacial score (nSPS) is 10.7. The van der Waals surface area contributed by atoms with Crippen LogP contribution in [0.1, 0.15) is 6.92 Å². The molecule has 0 saturated heterocycles. The predicted octanol–water partition coefficient (Wildman–Crippen LogP) is 2.67. The fourth-order valence-electron chi connectivity index (χ4n) is 1.55. The van der Waals surface area contributed by atoms with Crippen LogP contribution in [0.15, 0.2) is 35.3 Å². The summed E-state index contributed by atoms with van der Waals surface area (Å²) in [6, 6.07) is 6.92. The highest BCUT2D eigenvalue weighted by Crippen LogP contribution is 2.16. The summed E-state index contributed by atoms with van der Waals surface area (Å²) in [6.07, 6.45) is 1.79. The van der Waals surface area contributed by atoms with Gasteiger partial charge in [0, 0.05) is 29.2 Å². The molecule has 0 unspecified atom stereocenters. The van der Waals surface area contributed by atoms with Gasteiger partial charge in [0.1, 0.15) is 0 Å². The number of benzene rings is 1.